The smallest absolute Gasteiger partial charge is 0.164 e. The number of nitrogens with two attached hydrogens (primary N) is 1. The third-order valence-electron chi connectivity index (χ3n) is 2.01. The van der Waals surface area contributed by atoms with Crippen LogP contribution in [0.4, 0.5) is 0 Å². The Morgan fingerprint density at radius 3 is 2.87 bits per heavy atom. The number of rotatable bonds is 6. The van der Waals surface area contributed by atoms with Crippen molar-refractivity contribution in [1.29, 1.82) is 0 Å². The van der Waals surface area contributed by atoms with Crippen LogP contribution in [0.15, 0.2) is 30.9 Å². The molecule has 2 N–H and O–H groups in total. The first-order valence-electron chi connectivity index (χ1n) is 4.93. The van der Waals surface area contributed by atoms with E-state index in [2.05, 4.69) is 6.58 Å². The third kappa shape index (κ3) is 2.99. The number of benzene rings is 1. The molecule has 0 atom stereocenters. The van der Waals surface area contributed by atoms with E-state index in [9.17, 15) is 0 Å². The maximum atomic E-state index is 5.56. The minimum absolute atomic E-state index is 0.491. The first-order valence-corrected chi connectivity index (χ1v) is 4.93. The van der Waals surface area contributed by atoms with Crippen molar-refractivity contribution >= 4 is 0 Å². The van der Waals surface area contributed by atoms with Crippen LogP contribution in [-0.4, -0.2) is 20.3 Å². The molecule has 1 aromatic rings. The van der Waals surface area contributed by atoms with E-state index in [4.69, 9.17) is 15.2 Å². The first kappa shape index (κ1) is 11.6. The summed E-state index contributed by atoms with van der Waals surface area (Å²) in [6.45, 7) is 4.69. The summed E-state index contributed by atoms with van der Waals surface area (Å²) in [5, 5.41) is 0. The molecule has 0 aliphatic heterocycles. The van der Waals surface area contributed by atoms with Gasteiger partial charge < -0.3 is 15.2 Å². The predicted octanol–water partition coefficient (Wildman–Crippen LogP) is 1.76. The largest absolute Gasteiger partial charge is 0.493 e. The van der Waals surface area contributed by atoms with Gasteiger partial charge in [-0.05, 0) is 12.5 Å². The maximum absolute atomic E-state index is 5.56. The molecule has 1 rings (SSSR count). The zero-order chi connectivity index (χ0) is 11.1. The van der Waals surface area contributed by atoms with Crippen LogP contribution < -0.4 is 15.2 Å². The Bertz CT molecular complexity index is 323. The fraction of sp³-hybridized carbons (Fsp3) is 0.333. The average molecular weight is 207 g/mol. The van der Waals surface area contributed by atoms with Crippen molar-refractivity contribution in [3.05, 3.63) is 36.4 Å². The second kappa shape index (κ2) is 6.09. The Kier molecular flexibility index (Phi) is 4.71. The lowest BCUT2D eigenvalue weighted by Gasteiger charge is -2.13. The Labute approximate surface area is 90.5 Å². The van der Waals surface area contributed by atoms with Crippen LogP contribution in [0.5, 0.6) is 11.5 Å². The minimum Gasteiger partial charge on any atom is -0.493 e. The summed E-state index contributed by atoms with van der Waals surface area (Å²) in [6, 6.07) is 5.81. The number of para-hydroxylation sites is 1. The van der Waals surface area contributed by atoms with Gasteiger partial charge in [0.1, 0.15) is 6.61 Å². The molecule has 0 bridgehead atoms. The summed E-state index contributed by atoms with van der Waals surface area (Å²) in [5.41, 5.74) is 6.47. The van der Waals surface area contributed by atoms with E-state index in [1.165, 1.54) is 0 Å². The third-order valence-corrected chi connectivity index (χ3v) is 2.01. The van der Waals surface area contributed by atoms with Gasteiger partial charge in [-0.15, -0.1) is 6.58 Å². The van der Waals surface area contributed by atoms with Gasteiger partial charge in [-0.25, -0.2) is 0 Å². The molecule has 82 valence electrons. The molecule has 0 aliphatic carbocycles. The van der Waals surface area contributed by atoms with Gasteiger partial charge in [-0.1, -0.05) is 18.2 Å². The molecule has 0 aromatic heterocycles. The summed E-state index contributed by atoms with van der Waals surface area (Å²) in [5.74, 6) is 1.51. The van der Waals surface area contributed by atoms with Gasteiger partial charge in [-0.3, -0.25) is 0 Å². The molecular weight excluding hydrogens is 190 g/mol. The molecule has 3 nitrogen and oxygen atoms in total. The second-order valence-electron chi connectivity index (χ2n) is 3.08. The highest BCUT2D eigenvalue weighted by atomic mass is 16.5. The number of hydrogen-bond donors (Lipinski definition) is 1. The monoisotopic (exact) mass is 207 g/mol. The van der Waals surface area contributed by atoms with Gasteiger partial charge in [0.25, 0.3) is 0 Å². The van der Waals surface area contributed by atoms with Gasteiger partial charge >= 0.3 is 0 Å². The van der Waals surface area contributed by atoms with E-state index in [-0.39, 0.29) is 0 Å². The van der Waals surface area contributed by atoms with Crippen LogP contribution in [-0.2, 0) is 6.42 Å². The lowest BCUT2D eigenvalue weighted by molar-refractivity contribution is 0.300. The molecule has 3 heteroatoms. The fourth-order valence-corrected chi connectivity index (χ4v) is 1.36. The first-order chi connectivity index (χ1) is 7.33. The lowest BCUT2D eigenvalue weighted by Crippen LogP contribution is -2.12. The molecule has 0 spiro atoms. The number of hydrogen-bond acceptors (Lipinski definition) is 3. The van der Waals surface area contributed by atoms with Crippen LogP contribution in [0, 0.1) is 0 Å². The van der Waals surface area contributed by atoms with Gasteiger partial charge in [0.2, 0.25) is 0 Å². The van der Waals surface area contributed by atoms with Crippen molar-refractivity contribution in [3.63, 3.8) is 0 Å². The number of ether oxygens (including phenoxy) is 2. The molecule has 0 heterocycles. The molecule has 1 aromatic carbocycles. The molecule has 0 saturated heterocycles. The fourth-order valence-electron chi connectivity index (χ4n) is 1.36. The zero-order valence-corrected chi connectivity index (χ0v) is 9.03. The number of methoxy groups -OCH3 is 1. The van der Waals surface area contributed by atoms with Gasteiger partial charge in [0, 0.05) is 12.1 Å². The van der Waals surface area contributed by atoms with E-state index in [0.29, 0.717) is 13.2 Å². The average Bonchev–Trinajstić information content (AvgIpc) is 2.27. The molecule has 0 radical (unpaired) electrons. The molecule has 0 amide bonds. The summed E-state index contributed by atoms with van der Waals surface area (Å²) in [4.78, 5) is 0. The van der Waals surface area contributed by atoms with Crippen LogP contribution >= 0.6 is 0 Å². The Hall–Kier alpha value is -1.48. The van der Waals surface area contributed by atoms with Crippen molar-refractivity contribution in [2.45, 2.75) is 6.42 Å². The molecule has 15 heavy (non-hydrogen) atoms. The number of allylic oxidation sites excluding steroid dienone is 1. The van der Waals surface area contributed by atoms with E-state index in [0.717, 1.165) is 23.5 Å². The summed E-state index contributed by atoms with van der Waals surface area (Å²) in [7, 11) is 1.63. The van der Waals surface area contributed by atoms with Gasteiger partial charge in [0.05, 0.1) is 7.11 Å². The Balaban J connectivity index is 2.96. The Morgan fingerprint density at radius 2 is 2.27 bits per heavy atom. The van der Waals surface area contributed by atoms with Crippen molar-refractivity contribution < 1.29 is 9.47 Å². The summed E-state index contributed by atoms with van der Waals surface area (Å²) in [6.07, 6.45) is 2.60. The van der Waals surface area contributed by atoms with Crippen LogP contribution in [0.2, 0.25) is 0 Å². The highest BCUT2D eigenvalue weighted by Crippen LogP contribution is 2.31. The van der Waals surface area contributed by atoms with Crippen molar-refractivity contribution in [2.75, 3.05) is 20.3 Å². The van der Waals surface area contributed by atoms with E-state index in [1.54, 1.807) is 7.11 Å². The van der Waals surface area contributed by atoms with E-state index < -0.39 is 0 Å². The van der Waals surface area contributed by atoms with E-state index >= 15 is 0 Å². The maximum Gasteiger partial charge on any atom is 0.164 e. The highest BCUT2D eigenvalue weighted by molar-refractivity contribution is 5.47. The SMILES string of the molecule is C=CCc1cccc(OC)c1OCCN. The molecule has 0 saturated carbocycles. The van der Waals surface area contributed by atoms with Crippen LogP contribution in [0.25, 0.3) is 0 Å². The zero-order valence-electron chi connectivity index (χ0n) is 9.03. The molecular formula is C12H17NO2. The topological polar surface area (TPSA) is 44.5 Å². The summed E-state index contributed by atoms with van der Waals surface area (Å²) >= 11 is 0. The standard InChI is InChI=1S/C12H17NO2/c1-3-5-10-6-4-7-11(14-2)12(10)15-9-8-13/h3-4,6-7H,1,5,8-9,13H2,2H3. The van der Waals surface area contributed by atoms with Crippen LogP contribution in [0.3, 0.4) is 0 Å². The van der Waals surface area contributed by atoms with Crippen molar-refractivity contribution in [2.24, 2.45) is 5.73 Å². The quantitative estimate of drug-likeness (QED) is 0.723. The van der Waals surface area contributed by atoms with Crippen LogP contribution in [0.1, 0.15) is 5.56 Å². The molecule has 0 unspecified atom stereocenters. The van der Waals surface area contributed by atoms with E-state index in [1.807, 2.05) is 24.3 Å². The van der Waals surface area contributed by atoms with Gasteiger partial charge in [-0.2, -0.15) is 0 Å². The van der Waals surface area contributed by atoms with Gasteiger partial charge in [0.15, 0.2) is 11.5 Å². The summed E-state index contributed by atoms with van der Waals surface area (Å²) < 4.78 is 10.8. The second-order valence-corrected chi connectivity index (χ2v) is 3.08. The predicted molar refractivity (Wildman–Crippen MR) is 61.4 cm³/mol. The normalized spacial score (nSPS) is 9.73. The minimum atomic E-state index is 0.491. The molecule has 0 aliphatic rings. The van der Waals surface area contributed by atoms with Crippen molar-refractivity contribution in [3.8, 4) is 11.5 Å². The lowest BCUT2D eigenvalue weighted by atomic mass is 10.1. The van der Waals surface area contributed by atoms with Crippen molar-refractivity contribution in [1.82, 2.24) is 0 Å². The highest BCUT2D eigenvalue weighted by Gasteiger charge is 2.08. The molecule has 0 fully saturated rings. The Morgan fingerprint density at radius 1 is 1.47 bits per heavy atom.